The van der Waals surface area contributed by atoms with Crippen LogP contribution in [0.4, 0.5) is 0 Å². The number of primary amides is 1. The number of hydrogen-bond donors (Lipinski definition) is 22. The number of aliphatic hydroxyl groups is 1. The van der Waals surface area contributed by atoms with Crippen molar-refractivity contribution in [2.75, 3.05) is 58.4 Å². The number of benzene rings is 4. The lowest BCUT2D eigenvalue weighted by molar-refractivity contribution is -0.145. The van der Waals surface area contributed by atoms with E-state index in [1.54, 1.807) is 73.1 Å². The van der Waals surface area contributed by atoms with Gasteiger partial charge in [0.25, 0.3) is 0 Å². The fourth-order valence-electron chi connectivity index (χ4n) is 13.4. The van der Waals surface area contributed by atoms with E-state index >= 15 is 28.8 Å². The number of carbonyl (C=O) groups is 14. The third-order valence-electron chi connectivity index (χ3n) is 20.1. The lowest BCUT2D eigenvalue weighted by Crippen LogP contribution is -2.61. The molecule has 0 spiro atoms. The van der Waals surface area contributed by atoms with E-state index in [0.717, 1.165) is 26.9 Å². The lowest BCUT2D eigenvalue weighted by atomic mass is 9.97. The van der Waals surface area contributed by atoms with Crippen LogP contribution in [0.1, 0.15) is 72.8 Å². The van der Waals surface area contributed by atoms with Gasteiger partial charge >= 0.3 is 0 Å². The van der Waals surface area contributed by atoms with E-state index < -0.39 is 192 Å². The molecule has 25 N–H and O–H groups in total. The zero-order valence-corrected chi connectivity index (χ0v) is 69.0. The van der Waals surface area contributed by atoms with Crippen LogP contribution >= 0.6 is 11.8 Å². The number of likely N-dealkylation sites (N-methyl/N-ethyl adjacent to an activating group) is 2. The highest BCUT2D eigenvalue weighted by Crippen LogP contribution is 2.23. The molecule has 0 radical (unpaired) electrons. The summed E-state index contributed by atoms with van der Waals surface area (Å²) in [5.41, 5.74) is 19.0. The Morgan fingerprint density at radius 2 is 1.05 bits per heavy atom. The van der Waals surface area contributed by atoms with Crippen LogP contribution in [0.5, 0.6) is 5.75 Å². The summed E-state index contributed by atoms with van der Waals surface area (Å²) in [6.07, 6.45) is 6.00. The molecule has 14 amide bonds. The SMILES string of the molecule is CCC1NC(=O)C(Cc2ccccc2)NC(=O)CSCC(C(=O)NCC(N)=O)NC(=O)C(Cc2cncn2C)NC(=O)C(CCCNC(=N)N)N(C)C(=O)C(Cc2c[nH]cn2)NC(=O)C(Cc2ccc(O)cc2)N(C)C(=O)C(CCCNC(=N)N)NC(=O)C(CO)NC(=O)CNC(=O)C(Cc2c[nH]cn2)NC(=O)C(Cc2cccc3ccccc23)NC1=O. The van der Waals surface area contributed by atoms with E-state index in [4.69, 9.17) is 28.0 Å². The molecule has 1 aliphatic heterocycles. The van der Waals surface area contributed by atoms with E-state index in [-0.39, 0.29) is 101 Å². The maximum absolute atomic E-state index is 15.6. The second kappa shape index (κ2) is 47.1. The van der Waals surface area contributed by atoms with Gasteiger partial charge in [-0.25, -0.2) is 15.0 Å². The van der Waals surface area contributed by atoms with Crippen LogP contribution in [-0.2, 0) is 113 Å². The second-order valence-electron chi connectivity index (χ2n) is 29.2. The molecule has 42 nitrogen and oxygen atoms in total. The summed E-state index contributed by atoms with van der Waals surface area (Å²) in [6.45, 7) is -1.21. The van der Waals surface area contributed by atoms with Gasteiger partial charge in [-0.2, -0.15) is 0 Å². The number of phenols is 1. The maximum Gasteiger partial charge on any atom is 0.245 e. The third kappa shape index (κ3) is 29.4. The van der Waals surface area contributed by atoms with Crippen molar-refractivity contribution < 1.29 is 77.3 Å². The van der Waals surface area contributed by atoms with Crippen molar-refractivity contribution >= 4 is 117 Å². The van der Waals surface area contributed by atoms with Crippen LogP contribution < -0.4 is 86.3 Å². The molecule has 8 rings (SSSR count). The summed E-state index contributed by atoms with van der Waals surface area (Å²) < 4.78 is 1.54. The van der Waals surface area contributed by atoms with E-state index in [9.17, 15) is 48.6 Å². The van der Waals surface area contributed by atoms with Gasteiger partial charge in [0.05, 0.1) is 55.8 Å². The Bertz CT molecular complexity index is 4820. The number of phenolic OH excluding ortho intramolecular Hbond substituents is 1. The number of aromatic nitrogens is 6. The molecule has 4 heterocycles. The second-order valence-corrected chi connectivity index (χ2v) is 30.2. The molecule has 7 aromatic rings. The number of thioether (sulfide) groups is 1. The van der Waals surface area contributed by atoms with Crippen molar-refractivity contribution in [3.8, 4) is 5.75 Å². The van der Waals surface area contributed by atoms with Crippen LogP contribution in [0.2, 0.25) is 0 Å². The van der Waals surface area contributed by atoms with Crippen molar-refractivity contribution in [2.45, 2.75) is 144 Å². The quantitative estimate of drug-likeness (QED) is 0.0145. The smallest absolute Gasteiger partial charge is 0.245 e. The van der Waals surface area contributed by atoms with Gasteiger partial charge in [0.15, 0.2) is 11.9 Å². The van der Waals surface area contributed by atoms with E-state index in [0.29, 0.717) is 27.8 Å². The van der Waals surface area contributed by atoms with E-state index in [1.165, 1.54) is 75.9 Å². The number of aromatic amines is 2. The zero-order chi connectivity index (χ0) is 89.2. The Kier molecular flexibility index (Phi) is 36.2. The highest BCUT2D eigenvalue weighted by atomic mass is 32.2. The normalized spacial score (nSPS) is 21.7. The first-order valence-electron chi connectivity index (χ1n) is 39.5. The molecule has 658 valence electrons. The first-order chi connectivity index (χ1) is 58.9. The molecule has 11 unspecified atom stereocenters. The highest BCUT2D eigenvalue weighted by Gasteiger charge is 2.41. The van der Waals surface area contributed by atoms with Crippen molar-refractivity contribution in [3.63, 3.8) is 0 Å². The Morgan fingerprint density at radius 1 is 0.528 bits per heavy atom. The van der Waals surface area contributed by atoms with Crippen LogP contribution in [0.15, 0.2) is 135 Å². The molecule has 0 bridgehead atoms. The first kappa shape index (κ1) is 94.5. The van der Waals surface area contributed by atoms with Crippen molar-refractivity contribution in [2.24, 2.45) is 24.2 Å². The fraction of sp³-hybridized carbons (Fsp3) is 0.412. The Hall–Kier alpha value is -14.0. The predicted octanol–water partition coefficient (Wildman–Crippen LogP) is -5.11. The molecule has 0 saturated carbocycles. The van der Waals surface area contributed by atoms with Crippen LogP contribution in [-0.4, -0.2) is 269 Å². The van der Waals surface area contributed by atoms with Crippen molar-refractivity contribution in [3.05, 3.63) is 168 Å². The van der Waals surface area contributed by atoms with Crippen LogP contribution in [0.25, 0.3) is 10.8 Å². The van der Waals surface area contributed by atoms with Gasteiger partial charge in [-0.3, -0.25) is 77.9 Å². The number of carbonyl (C=O) groups excluding carboxylic acids is 14. The number of aryl methyl sites for hydroxylation is 1. The molecule has 11 atom stereocenters. The minimum absolute atomic E-state index is 0.00197. The van der Waals surface area contributed by atoms with Crippen molar-refractivity contribution in [1.82, 2.24) is 108 Å². The van der Waals surface area contributed by atoms with Crippen molar-refractivity contribution in [1.29, 1.82) is 10.8 Å². The Labute approximate surface area is 711 Å². The minimum Gasteiger partial charge on any atom is -0.508 e. The number of imidazole rings is 3. The summed E-state index contributed by atoms with van der Waals surface area (Å²) in [7, 11) is 4.07. The van der Waals surface area contributed by atoms with Gasteiger partial charge in [0.2, 0.25) is 82.7 Å². The van der Waals surface area contributed by atoms with Crippen LogP contribution in [0.3, 0.4) is 0 Å². The number of fused-ring (bicyclic) bond motifs is 1. The average Bonchev–Trinajstić information content (AvgIpc) is 1.26. The fourth-order valence-corrected chi connectivity index (χ4v) is 14.3. The summed E-state index contributed by atoms with van der Waals surface area (Å²) in [5, 5.41) is 72.3. The number of nitrogens with zero attached hydrogens (tertiary/aromatic N) is 6. The molecular weight excluding hydrogens is 1610 g/mol. The molecule has 0 aliphatic carbocycles. The molecule has 3 aromatic heterocycles. The molecule has 1 saturated heterocycles. The lowest BCUT2D eigenvalue weighted by Gasteiger charge is -2.34. The number of guanidine groups is 2. The van der Waals surface area contributed by atoms with E-state index in [2.05, 4.69) is 94.0 Å². The third-order valence-corrected chi connectivity index (χ3v) is 21.1. The summed E-state index contributed by atoms with van der Waals surface area (Å²) in [6, 6.07) is 9.10. The number of aliphatic hydroxyl groups excluding tert-OH is 1. The molecule has 1 aliphatic rings. The van der Waals surface area contributed by atoms with Gasteiger partial charge in [-0.05, 0) is 71.7 Å². The number of H-pyrrole nitrogens is 2. The van der Waals surface area contributed by atoms with Gasteiger partial charge in [-0.15, -0.1) is 11.8 Å². The first-order valence-corrected chi connectivity index (χ1v) is 40.7. The minimum atomic E-state index is -1.86. The maximum atomic E-state index is 15.6. The largest absolute Gasteiger partial charge is 0.508 e. The molecule has 1 fully saturated rings. The predicted molar refractivity (Wildman–Crippen MR) is 450 cm³/mol. The monoisotopic (exact) mass is 1720 g/mol. The van der Waals surface area contributed by atoms with Crippen LogP contribution in [0, 0.1) is 10.8 Å². The Morgan fingerprint density at radius 3 is 1.67 bits per heavy atom. The number of rotatable bonds is 25. The van der Waals surface area contributed by atoms with Gasteiger partial charge < -0.3 is 121 Å². The number of amides is 14. The number of aromatic hydroxyl groups is 1. The average molecular weight is 1720 g/mol. The topological polar surface area (TPSA) is 643 Å². The van der Waals surface area contributed by atoms with E-state index in [1.807, 2.05) is 18.2 Å². The zero-order valence-electron chi connectivity index (χ0n) is 68.2. The standard InChI is InChI=1S/C80H106N26O16S/c1-5-54-70(114)99-57(30-48-18-11-17-47-16-9-10-19-53(47)48)72(116)100-58(31-49-34-86-42-93-49)68(112)92-38-66(110)96-61(39-107)74(118)98-55(20-12-26-89-79(82)83)77(121)106(4)64(29-46-22-24-52(108)25-23-46)76(120)102-60(32-50-35-87-43-94-50)78(122)105(3)63(21-13-27-90-80(84)85)75(119)101-59(33-51-36-88-44-104(51)2)73(117)103-62(69(113)91-37-65(81)109)40-123-41-67(111)95-56(71(115)97-54)28-45-14-7-6-8-15-45/h6-11,14-19,22-25,34-36,42-44,54-64,107-108H,5,12-13,20-21,26-33,37-41H2,1-4H3,(H2,81,109)(H,86,93)(H,87,94)(H,91,113)(H,92,112)(H,95,111)(H,96,110)(H,97,115)(H,98,118)(H,99,114)(H,100,116)(H,101,119)(H,102,120)(H,103,117)(H4,82,83,89)(H4,84,85,90). The highest BCUT2D eigenvalue weighted by molar-refractivity contribution is 8.00. The number of nitrogens with one attached hydrogen (secondary N) is 17. The molecule has 43 heteroatoms. The van der Waals surface area contributed by atoms with Gasteiger partial charge in [0, 0.05) is 103 Å². The summed E-state index contributed by atoms with van der Waals surface area (Å²) >= 11 is 0.800. The number of hydrogen-bond acceptors (Lipinski definition) is 22. The van der Waals surface area contributed by atoms with Gasteiger partial charge in [-0.1, -0.05) is 91.9 Å². The Balaban J connectivity index is 1.20. The molecule has 4 aromatic carbocycles. The number of nitrogens with two attached hydrogens (primary N) is 3. The molecule has 123 heavy (non-hydrogen) atoms. The molecular formula is C80H106N26O16S. The summed E-state index contributed by atoms with van der Waals surface area (Å²) in [5.74, 6) is -15.5. The van der Waals surface area contributed by atoms with Gasteiger partial charge in [0.1, 0.15) is 72.2 Å². The summed E-state index contributed by atoms with van der Waals surface area (Å²) in [4.78, 5) is 226.